The molecule has 124 valence electrons. The molecule has 0 saturated heterocycles. The van der Waals surface area contributed by atoms with Gasteiger partial charge in [-0.05, 0) is 60.8 Å². The van der Waals surface area contributed by atoms with Crippen molar-refractivity contribution in [2.45, 2.75) is 37.5 Å². The maximum Gasteiger partial charge on any atom is 0.354 e. The molecule has 1 fully saturated rings. The second-order valence-electron chi connectivity index (χ2n) is 6.56. The van der Waals surface area contributed by atoms with Crippen LogP contribution in [0.15, 0.2) is 30.5 Å². The molecule has 5 heteroatoms. The first-order valence-electron chi connectivity index (χ1n) is 8.34. The van der Waals surface area contributed by atoms with E-state index in [1.54, 1.807) is 13.3 Å². The van der Waals surface area contributed by atoms with E-state index in [-0.39, 0.29) is 5.69 Å². The highest BCUT2D eigenvalue weighted by Crippen LogP contribution is 2.52. The van der Waals surface area contributed by atoms with Crippen LogP contribution in [0.1, 0.15) is 59.1 Å². The molecular formula is C19H20N2O3. The molecule has 2 bridgehead atoms. The summed E-state index contributed by atoms with van der Waals surface area (Å²) in [5.41, 5.74) is 4.20. The molecule has 3 aliphatic rings. The number of hydrogen-bond acceptors (Lipinski definition) is 4. The summed E-state index contributed by atoms with van der Waals surface area (Å²) in [5, 5.41) is 12.9. The minimum atomic E-state index is -0.924. The molecule has 24 heavy (non-hydrogen) atoms. The van der Waals surface area contributed by atoms with Crippen LogP contribution in [-0.2, 0) is 0 Å². The highest BCUT2D eigenvalue weighted by Gasteiger charge is 2.38. The normalized spacial score (nSPS) is 21.2. The van der Waals surface area contributed by atoms with Gasteiger partial charge in [0.15, 0.2) is 5.69 Å². The zero-order chi connectivity index (χ0) is 16.7. The molecule has 1 aromatic carbocycles. The van der Waals surface area contributed by atoms with E-state index in [2.05, 4.69) is 10.3 Å². The Bertz CT molecular complexity index is 795. The van der Waals surface area contributed by atoms with E-state index >= 15 is 0 Å². The summed E-state index contributed by atoms with van der Waals surface area (Å²) < 4.78 is 5.27. The lowest BCUT2D eigenvalue weighted by molar-refractivity contribution is 0.0687. The molecule has 0 radical (unpaired) electrons. The molecule has 0 spiro atoms. The molecule has 5 rings (SSSR count). The molecule has 5 nitrogen and oxygen atoms in total. The highest BCUT2D eigenvalue weighted by atomic mass is 16.5. The van der Waals surface area contributed by atoms with Gasteiger partial charge in [-0.1, -0.05) is 6.07 Å². The van der Waals surface area contributed by atoms with Crippen LogP contribution in [-0.4, -0.2) is 23.2 Å². The number of aromatic nitrogens is 1. The van der Waals surface area contributed by atoms with Gasteiger partial charge in [0.2, 0.25) is 0 Å². The number of carboxylic acids is 1. The van der Waals surface area contributed by atoms with E-state index in [0.717, 1.165) is 53.9 Å². The van der Waals surface area contributed by atoms with E-state index in [1.165, 1.54) is 0 Å². The molecule has 1 heterocycles. The van der Waals surface area contributed by atoms with Crippen molar-refractivity contribution < 1.29 is 14.6 Å². The summed E-state index contributed by atoms with van der Waals surface area (Å²) in [5.74, 6) is 0.618. The van der Waals surface area contributed by atoms with Crippen LogP contribution in [0.3, 0.4) is 0 Å². The smallest absolute Gasteiger partial charge is 0.354 e. The van der Waals surface area contributed by atoms with Crippen LogP contribution in [0.2, 0.25) is 0 Å². The van der Waals surface area contributed by atoms with E-state index in [4.69, 9.17) is 4.74 Å². The molecule has 1 saturated carbocycles. The largest absolute Gasteiger partial charge is 0.497 e. The number of carbonyl (C=O) groups is 1. The van der Waals surface area contributed by atoms with Crippen molar-refractivity contribution in [3.05, 3.63) is 47.3 Å². The predicted octanol–water partition coefficient (Wildman–Crippen LogP) is 4.29. The fourth-order valence-electron chi connectivity index (χ4n) is 4.19. The number of benzene rings is 1. The van der Waals surface area contributed by atoms with Crippen LogP contribution in [0, 0.1) is 0 Å². The van der Waals surface area contributed by atoms with Gasteiger partial charge in [-0.25, -0.2) is 9.78 Å². The van der Waals surface area contributed by atoms with E-state index in [0.29, 0.717) is 11.8 Å². The number of pyridine rings is 1. The Morgan fingerprint density at radius 1 is 1.21 bits per heavy atom. The third-order valence-corrected chi connectivity index (χ3v) is 5.25. The molecule has 1 aromatic heterocycles. The first-order chi connectivity index (χ1) is 11.7. The Kier molecular flexibility index (Phi) is 3.63. The molecule has 0 amide bonds. The van der Waals surface area contributed by atoms with Crippen molar-refractivity contribution in [2.75, 3.05) is 12.4 Å². The SMILES string of the molecule is COc1cccc(Nc2cnc(C(=O)O)c3c2C2CCC3CC2)c1. The van der Waals surface area contributed by atoms with Crippen LogP contribution in [0.5, 0.6) is 5.75 Å². The van der Waals surface area contributed by atoms with Crippen molar-refractivity contribution in [3.63, 3.8) is 0 Å². The van der Waals surface area contributed by atoms with Crippen molar-refractivity contribution in [1.82, 2.24) is 4.98 Å². The van der Waals surface area contributed by atoms with Gasteiger partial charge in [-0.3, -0.25) is 0 Å². The number of ether oxygens (including phenoxy) is 1. The Hall–Kier alpha value is -2.56. The lowest BCUT2D eigenvalue weighted by Crippen LogP contribution is -2.26. The maximum atomic E-state index is 11.6. The molecule has 0 unspecified atom stereocenters. The Balaban J connectivity index is 1.79. The van der Waals surface area contributed by atoms with Crippen molar-refractivity contribution >= 4 is 17.3 Å². The minimum absolute atomic E-state index is 0.232. The van der Waals surface area contributed by atoms with Crippen LogP contribution < -0.4 is 10.1 Å². The second kappa shape index (κ2) is 5.82. The highest BCUT2D eigenvalue weighted by molar-refractivity contribution is 5.89. The van der Waals surface area contributed by atoms with Gasteiger partial charge in [0.05, 0.1) is 19.0 Å². The monoisotopic (exact) mass is 324 g/mol. The van der Waals surface area contributed by atoms with Gasteiger partial charge in [0.1, 0.15) is 5.75 Å². The van der Waals surface area contributed by atoms with Gasteiger partial charge in [-0.2, -0.15) is 0 Å². The van der Waals surface area contributed by atoms with Crippen LogP contribution in [0.25, 0.3) is 0 Å². The summed E-state index contributed by atoms with van der Waals surface area (Å²) in [6.45, 7) is 0. The fraction of sp³-hybridized carbons (Fsp3) is 0.368. The third-order valence-electron chi connectivity index (χ3n) is 5.25. The molecule has 0 aliphatic heterocycles. The first kappa shape index (κ1) is 15.0. The number of anilines is 2. The van der Waals surface area contributed by atoms with Gasteiger partial charge in [-0.15, -0.1) is 0 Å². The average molecular weight is 324 g/mol. The number of fused-ring (bicyclic) bond motifs is 2. The maximum absolute atomic E-state index is 11.6. The number of methoxy groups -OCH3 is 1. The first-order valence-corrected chi connectivity index (χ1v) is 8.34. The van der Waals surface area contributed by atoms with Gasteiger partial charge < -0.3 is 15.2 Å². The lowest BCUT2D eigenvalue weighted by Gasteiger charge is -2.39. The van der Waals surface area contributed by atoms with E-state index in [1.807, 2.05) is 24.3 Å². The number of aromatic carboxylic acids is 1. The molecule has 2 N–H and O–H groups in total. The van der Waals surface area contributed by atoms with Crippen LogP contribution >= 0.6 is 0 Å². The number of nitrogens with zero attached hydrogens (tertiary/aromatic N) is 1. The molecule has 3 aliphatic carbocycles. The third kappa shape index (κ3) is 2.40. The summed E-state index contributed by atoms with van der Waals surface area (Å²) in [6, 6.07) is 7.73. The van der Waals surface area contributed by atoms with Gasteiger partial charge >= 0.3 is 5.97 Å². The second-order valence-corrected chi connectivity index (χ2v) is 6.56. The lowest BCUT2D eigenvalue weighted by atomic mass is 9.66. The van der Waals surface area contributed by atoms with Crippen LogP contribution in [0.4, 0.5) is 11.4 Å². The predicted molar refractivity (Wildman–Crippen MR) is 91.4 cm³/mol. The molecular weight excluding hydrogens is 304 g/mol. The molecule has 0 atom stereocenters. The number of nitrogens with one attached hydrogen (secondary N) is 1. The number of carboxylic acid groups (broad SMARTS) is 1. The van der Waals surface area contributed by atoms with Gasteiger partial charge in [0, 0.05) is 11.8 Å². The zero-order valence-electron chi connectivity index (χ0n) is 13.6. The fourth-order valence-corrected chi connectivity index (χ4v) is 4.19. The summed E-state index contributed by atoms with van der Waals surface area (Å²) in [4.78, 5) is 15.9. The summed E-state index contributed by atoms with van der Waals surface area (Å²) in [7, 11) is 1.64. The van der Waals surface area contributed by atoms with Crippen molar-refractivity contribution in [1.29, 1.82) is 0 Å². The minimum Gasteiger partial charge on any atom is -0.497 e. The Morgan fingerprint density at radius 2 is 1.92 bits per heavy atom. The average Bonchev–Trinajstić information content (AvgIpc) is 2.62. The summed E-state index contributed by atoms with van der Waals surface area (Å²) in [6.07, 6.45) is 6.08. The topological polar surface area (TPSA) is 71.5 Å². The van der Waals surface area contributed by atoms with Gasteiger partial charge in [0.25, 0.3) is 0 Å². The van der Waals surface area contributed by atoms with E-state index < -0.39 is 5.97 Å². The summed E-state index contributed by atoms with van der Waals surface area (Å²) >= 11 is 0. The van der Waals surface area contributed by atoms with E-state index in [9.17, 15) is 9.90 Å². The quantitative estimate of drug-likeness (QED) is 0.878. The van der Waals surface area contributed by atoms with Crippen molar-refractivity contribution in [3.8, 4) is 5.75 Å². The van der Waals surface area contributed by atoms with Crippen molar-refractivity contribution in [2.24, 2.45) is 0 Å². The molecule has 2 aromatic rings. The standard InChI is InChI=1S/C19H20N2O3/c1-24-14-4-2-3-13(9-14)21-15-10-20-18(19(22)23)17-12-7-5-11(6-8-12)16(15)17/h2-4,9-12,21H,5-8H2,1H3,(H,22,23). The zero-order valence-corrected chi connectivity index (χ0v) is 13.6. The Morgan fingerprint density at radius 3 is 2.58 bits per heavy atom. The Labute approximate surface area is 140 Å². The number of hydrogen-bond donors (Lipinski definition) is 2. The number of rotatable bonds is 4.